The summed E-state index contributed by atoms with van der Waals surface area (Å²) in [5.41, 5.74) is 4.87. The Hall–Kier alpha value is -4.38. The fourth-order valence-corrected chi connectivity index (χ4v) is 4.95. The highest BCUT2D eigenvalue weighted by Crippen LogP contribution is 2.28. The number of carbonyl (C=O) groups is 2. The lowest BCUT2D eigenvalue weighted by atomic mass is 10.0. The van der Waals surface area contributed by atoms with Crippen molar-refractivity contribution in [1.82, 2.24) is 16.0 Å². The molecule has 1 aromatic heterocycles. The summed E-state index contributed by atoms with van der Waals surface area (Å²) in [6, 6.07) is 26.3. The topological polar surface area (TPSA) is 107 Å². The number of amides is 2. The average molecular weight is 597 g/mol. The van der Waals surface area contributed by atoms with Crippen LogP contribution in [-0.2, 0) is 17.8 Å². The zero-order chi connectivity index (χ0) is 30.9. The largest absolute Gasteiger partial charge is 0.460 e. The highest BCUT2D eigenvalue weighted by Gasteiger charge is 2.21. The van der Waals surface area contributed by atoms with Crippen LogP contribution in [0.15, 0.2) is 83.3 Å². The first-order valence-corrected chi connectivity index (χ1v) is 14.8. The lowest BCUT2D eigenvalue weighted by Gasteiger charge is -2.20. The average Bonchev–Trinajstić information content (AvgIpc) is 3.45. The van der Waals surface area contributed by atoms with E-state index in [0.717, 1.165) is 11.3 Å². The van der Waals surface area contributed by atoms with Crippen LogP contribution in [0.3, 0.4) is 0 Å². The minimum absolute atomic E-state index is 0.0240. The molecule has 0 radical (unpaired) electrons. The van der Waals surface area contributed by atoms with Crippen molar-refractivity contribution in [2.75, 3.05) is 0 Å². The molecular weight excluding hydrogens is 560 g/mol. The Kier molecular flexibility index (Phi) is 10.8. The van der Waals surface area contributed by atoms with Crippen LogP contribution in [0.4, 0.5) is 0 Å². The molecule has 2 atom stereocenters. The molecule has 0 fully saturated rings. The molecule has 4 rings (SSSR count). The fraction of sp³-hybridized carbons (Fsp3) is 0.286. The number of carbonyl (C=O) groups excluding carboxylic acids is 2. The molecule has 0 aliphatic carbocycles. The molecule has 7 nitrogen and oxygen atoms in total. The van der Waals surface area contributed by atoms with Crippen LogP contribution in [0.5, 0.6) is 0 Å². The second-order valence-electron chi connectivity index (χ2n) is 11.1. The third-order valence-corrected chi connectivity index (χ3v) is 7.43. The van der Waals surface area contributed by atoms with Gasteiger partial charge in [-0.05, 0) is 87.7 Å². The monoisotopic (exact) mass is 596 g/mol. The minimum atomic E-state index is -0.490. The van der Waals surface area contributed by atoms with Gasteiger partial charge in [-0.1, -0.05) is 53.6 Å². The van der Waals surface area contributed by atoms with Gasteiger partial charge in [0, 0.05) is 30.1 Å². The van der Waals surface area contributed by atoms with Gasteiger partial charge in [-0.25, -0.2) is 0 Å². The van der Waals surface area contributed by atoms with Gasteiger partial charge in [0.05, 0.1) is 28.8 Å². The number of halogens is 1. The summed E-state index contributed by atoms with van der Waals surface area (Å²) in [7, 11) is 0. The van der Waals surface area contributed by atoms with Crippen molar-refractivity contribution in [3.63, 3.8) is 0 Å². The number of nitrogens with zero attached hydrogens (tertiary/aromatic N) is 1. The molecule has 4 aromatic rings. The maximum Gasteiger partial charge on any atom is 0.253 e. The van der Waals surface area contributed by atoms with Gasteiger partial charge in [-0.2, -0.15) is 5.26 Å². The van der Waals surface area contributed by atoms with Crippen molar-refractivity contribution in [2.45, 2.75) is 65.2 Å². The van der Waals surface area contributed by atoms with Gasteiger partial charge < -0.3 is 20.4 Å². The van der Waals surface area contributed by atoms with E-state index in [9.17, 15) is 9.59 Å². The van der Waals surface area contributed by atoms with E-state index in [2.05, 4.69) is 60.1 Å². The van der Waals surface area contributed by atoms with E-state index >= 15 is 0 Å². The number of rotatable bonds is 12. The van der Waals surface area contributed by atoms with Crippen molar-refractivity contribution in [2.24, 2.45) is 0 Å². The maximum absolute atomic E-state index is 13.5. The summed E-state index contributed by atoms with van der Waals surface area (Å²) < 4.78 is 6.11. The Morgan fingerprint density at radius 2 is 1.65 bits per heavy atom. The van der Waals surface area contributed by atoms with Crippen molar-refractivity contribution in [1.29, 1.82) is 5.26 Å². The van der Waals surface area contributed by atoms with Crippen molar-refractivity contribution in [3.05, 3.63) is 117 Å². The molecule has 3 N–H and O–H groups in total. The Bertz CT molecular complexity index is 1590. The van der Waals surface area contributed by atoms with E-state index in [1.165, 1.54) is 11.1 Å². The first-order chi connectivity index (χ1) is 20.6. The number of aryl methyl sites for hydroxylation is 1. The molecule has 0 bridgehead atoms. The Morgan fingerprint density at radius 1 is 0.930 bits per heavy atom. The molecule has 8 heteroatoms. The normalized spacial score (nSPS) is 12.4. The lowest BCUT2D eigenvalue weighted by molar-refractivity contribution is -0.122. The molecule has 0 saturated heterocycles. The van der Waals surface area contributed by atoms with Crippen LogP contribution in [0.1, 0.15) is 71.6 Å². The minimum Gasteiger partial charge on any atom is -0.460 e. The van der Waals surface area contributed by atoms with Gasteiger partial charge in [0.25, 0.3) is 5.91 Å². The van der Waals surface area contributed by atoms with E-state index in [0.29, 0.717) is 34.9 Å². The molecule has 3 aromatic carbocycles. The number of hydrogen-bond acceptors (Lipinski definition) is 5. The zero-order valence-electron chi connectivity index (χ0n) is 24.9. The molecule has 222 valence electrons. The standard InChI is InChI=1S/C35H37ClN4O3/c1-22(2)39-34(41)19-29(17-25-7-9-26(20-37)10-8-25)40-35(42)31-18-28(13-15-32(31)36)33-16-14-30(43-33)21-38-24(4)27-11-5-23(3)6-12-27/h5-16,18,22,24,29,38H,17,19,21H2,1-4H3,(H,39,41)(H,40,42). The first kappa shape index (κ1) is 31.6. The van der Waals surface area contributed by atoms with E-state index in [-0.39, 0.29) is 35.9 Å². The van der Waals surface area contributed by atoms with Gasteiger partial charge >= 0.3 is 0 Å². The molecular formula is C35H37ClN4O3. The number of nitrogens with one attached hydrogen (secondary N) is 3. The van der Waals surface area contributed by atoms with Gasteiger partial charge in [0.2, 0.25) is 5.91 Å². The van der Waals surface area contributed by atoms with Crippen LogP contribution in [0.2, 0.25) is 5.02 Å². The molecule has 1 heterocycles. The van der Waals surface area contributed by atoms with Gasteiger partial charge in [0.15, 0.2) is 0 Å². The molecule has 2 amide bonds. The number of hydrogen-bond donors (Lipinski definition) is 3. The van der Waals surface area contributed by atoms with Crippen LogP contribution >= 0.6 is 11.6 Å². The second-order valence-corrected chi connectivity index (χ2v) is 11.5. The van der Waals surface area contributed by atoms with Crippen LogP contribution in [0, 0.1) is 18.3 Å². The van der Waals surface area contributed by atoms with Crippen molar-refractivity contribution >= 4 is 23.4 Å². The van der Waals surface area contributed by atoms with E-state index in [1.807, 2.05) is 44.2 Å². The van der Waals surface area contributed by atoms with E-state index < -0.39 is 6.04 Å². The molecule has 0 saturated carbocycles. The molecule has 0 aliphatic heterocycles. The SMILES string of the molecule is Cc1ccc(C(C)NCc2ccc(-c3ccc(Cl)c(C(=O)NC(CC(=O)NC(C)C)Cc4ccc(C#N)cc4)c3)o2)cc1. The summed E-state index contributed by atoms with van der Waals surface area (Å²) in [5.74, 6) is 0.843. The number of nitriles is 1. The Morgan fingerprint density at radius 3 is 2.33 bits per heavy atom. The van der Waals surface area contributed by atoms with Gasteiger partial charge in [-0.15, -0.1) is 0 Å². The lowest BCUT2D eigenvalue weighted by Crippen LogP contribution is -2.42. The molecule has 43 heavy (non-hydrogen) atoms. The van der Waals surface area contributed by atoms with Crippen molar-refractivity contribution < 1.29 is 14.0 Å². The zero-order valence-corrected chi connectivity index (χ0v) is 25.7. The predicted octanol–water partition coefficient (Wildman–Crippen LogP) is 6.89. The smallest absolute Gasteiger partial charge is 0.253 e. The van der Waals surface area contributed by atoms with Crippen LogP contribution in [0.25, 0.3) is 11.3 Å². The third kappa shape index (κ3) is 9.05. The third-order valence-electron chi connectivity index (χ3n) is 7.10. The van der Waals surface area contributed by atoms with Crippen LogP contribution in [-0.4, -0.2) is 23.9 Å². The van der Waals surface area contributed by atoms with E-state index in [1.54, 1.807) is 24.3 Å². The molecule has 0 aliphatic rings. The summed E-state index contributed by atoms with van der Waals surface area (Å²) in [5, 5.41) is 18.8. The summed E-state index contributed by atoms with van der Waals surface area (Å²) in [6.07, 6.45) is 0.507. The Balaban J connectivity index is 1.46. The molecule has 2 unspecified atom stereocenters. The molecule has 0 spiro atoms. The summed E-state index contributed by atoms with van der Waals surface area (Å²) >= 11 is 6.48. The second kappa shape index (κ2) is 14.7. The quantitative estimate of drug-likeness (QED) is 0.165. The first-order valence-electron chi connectivity index (χ1n) is 14.4. The van der Waals surface area contributed by atoms with E-state index in [4.69, 9.17) is 21.3 Å². The Labute approximate surface area is 258 Å². The van der Waals surface area contributed by atoms with Crippen LogP contribution < -0.4 is 16.0 Å². The highest BCUT2D eigenvalue weighted by atomic mass is 35.5. The maximum atomic E-state index is 13.5. The van der Waals surface area contributed by atoms with Gasteiger partial charge in [-0.3, -0.25) is 9.59 Å². The highest BCUT2D eigenvalue weighted by molar-refractivity contribution is 6.34. The number of benzene rings is 3. The summed E-state index contributed by atoms with van der Waals surface area (Å²) in [6.45, 7) is 8.50. The van der Waals surface area contributed by atoms with Crippen molar-refractivity contribution in [3.8, 4) is 17.4 Å². The predicted molar refractivity (Wildman–Crippen MR) is 170 cm³/mol. The fourth-order valence-electron chi connectivity index (χ4n) is 4.75. The van der Waals surface area contributed by atoms with Gasteiger partial charge in [0.1, 0.15) is 11.5 Å². The summed E-state index contributed by atoms with van der Waals surface area (Å²) in [4.78, 5) is 26.1. The number of furan rings is 1.